The predicted molar refractivity (Wildman–Crippen MR) is 85.7 cm³/mol. The molecule has 5 heteroatoms. The Bertz CT molecular complexity index is 696. The average Bonchev–Trinajstić information content (AvgIpc) is 2.46. The maximum atomic E-state index is 11.4. The van der Waals surface area contributed by atoms with Crippen molar-refractivity contribution in [2.45, 2.75) is 50.0 Å². The monoisotopic (exact) mass is 321 g/mol. The van der Waals surface area contributed by atoms with Crippen molar-refractivity contribution in [2.75, 3.05) is 12.8 Å². The molecule has 4 nitrogen and oxygen atoms in total. The molecule has 0 aromatic heterocycles. The summed E-state index contributed by atoms with van der Waals surface area (Å²) < 4.78 is 28.0. The minimum atomic E-state index is -3.47. The van der Waals surface area contributed by atoms with Crippen LogP contribution in [0.4, 0.5) is 0 Å². The Balaban J connectivity index is 1.81. The number of hydrogen-bond donors (Lipinski definition) is 1. The summed E-state index contributed by atoms with van der Waals surface area (Å²) in [5.74, 6) is 1.16. The zero-order chi connectivity index (χ0) is 15.4. The van der Waals surface area contributed by atoms with Crippen molar-refractivity contribution in [3.63, 3.8) is 0 Å². The molecule has 1 aliphatic heterocycles. The first kappa shape index (κ1) is 14.5. The van der Waals surface area contributed by atoms with Crippen LogP contribution in [0.5, 0.6) is 5.75 Å². The Morgan fingerprint density at radius 3 is 2.95 bits per heavy atom. The van der Waals surface area contributed by atoms with Crippen molar-refractivity contribution in [3.8, 4) is 5.75 Å². The molecule has 0 amide bonds. The van der Waals surface area contributed by atoms with Crippen LogP contribution in [0.15, 0.2) is 18.2 Å². The Hall–Kier alpha value is -1.07. The second kappa shape index (κ2) is 4.96. The molecule has 0 radical (unpaired) electrons. The number of rotatable bonds is 2. The van der Waals surface area contributed by atoms with Gasteiger partial charge < -0.3 is 9.50 Å². The SMILES string of the molecule is CS(=O)(=O)Oc1ccc2c(c1)[C@@]13CCCC[C@H]1[C@@H](C2)NCC3. The van der Waals surface area contributed by atoms with E-state index >= 15 is 0 Å². The Morgan fingerprint density at radius 1 is 1.27 bits per heavy atom. The van der Waals surface area contributed by atoms with E-state index in [2.05, 4.69) is 11.4 Å². The summed E-state index contributed by atoms with van der Waals surface area (Å²) in [6, 6.07) is 6.47. The lowest BCUT2D eigenvalue weighted by atomic mass is 9.53. The summed E-state index contributed by atoms with van der Waals surface area (Å²) in [6.07, 6.45) is 8.43. The Morgan fingerprint density at radius 2 is 2.14 bits per heavy atom. The highest BCUT2D eigenvalue weighted by atomic mass is 32.2. The van der Waals surface area contributed by atoms with Crippen LogP contribution in [0, 0.1) is 5.92 Å². The quantitative estimate of drug-likeness (QED) is 0.850. The molecule has 1 aromatic carbocycles. The summed E-state index contributed by atoms with van der Waals surface area (Å²) in [5, 5.41) is 3.71. The number of nitrogens with one attached hydrogen (secondary N) is 1. The van der Waals surface area contributed by atoms with Gasteiger partial charge in [-0.05, 0) is 61.4 Å². The van der Waals surface area contributed by atoms with Crippen molar-refractivity contribution in [3.05, 3.63) is 29.3 Å². The van der Waals surface area contributed by atoms with E-state index in [4.69, 9.17) is 4.18 Å². The third kappa shape index (κ3) is 2.26. The van der Waals surface area contributed by atoms with E-state index in [1.165, 1.54) is 36.8 Å². The van der Waals surface area contributed by atoms with Crippen LogP contribution < -0.4 is 9.50 Å². The lowest BCUT2D eigenvalue weighted by Crippen LogP contribution is -2.59. The fraction of sp³-hybridized carbons (Fsp3) is 0.647. The molecule has 1 heterocycles. The number of fused-ring (bicyclic) bond motifs is 1. The molecule has 1 N–H and O–H groups in total. The molecule has 1 aromatic rings. The number of piperidine rings is 1. The maximum Gasteiger partial charge on any atom is 0.306 e. The van der Waals surface area contributed by atoms with Gasteiger partial charge in [-0.2, -0.15) is 8.42 Å². The maximum absolute atomic E-state index is 11.4. The van der Waals surface area contributed by atoms with Gasteiger partial charge in [0.05, 0.1) is 6.26 Å². The van der Waals surface area contributed by atoms with E-state index in [0.29, 0.717) is 17.7 Å². The van der Waals surface area contributed by atoms with Gasteiger partial charge in [0, 0.05) is 11.5 Å². The van der Waals surface area contributed by atoms with Crippen molar-refractivity contribution in [2.24, 2.45) is 5.92 Å². The summed E-state index contributed by atoms with van der Waals surface area (Å²) in [5.41, 5.74) is 2.96. The zero-order valence-corrected chi connectivity index (χ0v) is 13.8. The highest BCUT2D eigenvalue weighted by molar-refractivity contribution is 7.86. The molecule has 3 atom stereocenters. The smallest absolute Gasteiger partial charge is 0.306 e. The molecule has 0 unspecified atom stereocenters. The van der Waals surface area contributed by atoms with Gasteiger partial charge in [0.15, 0.2) is 0 Å². The molecule has 2 bridgehead atoms. The highest BCUT2D eigenvalue weighted by Gasteiger charge is 2.51. The molecule has 2 fully saturated rings. The number of hydrogen-bond acceptors (Lipinski definition) is 4. The third-order valence-electron chi connectivity index (χ3n) is 5.87. The minimum absolute atomic E-state index is 0.235. The Labute approximate surface area is 132 Å². The van der Waals surface area contributed by atoms with Gasteiger partial charge in [-0.3, -0.25) is 0 Å². The first-order valence-corrected chi connectivity index (χ1v) is 10.1. The van der Waals surface area contributed by atoms with E-state index in [1.54, 1.807) is 6.07 Å². The zero-order valence-electron chi connectivity index (χ0n) is 13.0. The summed E-state index contributed by atoms with van der Waals surface area (Å²) in [6.45, 7) is 1.07. The van der Waals surface area contributed by atoms with E-state index in [-0.39, 0.29) is 5.41 Å². The summed E-state index contributed by atoms with van der Waals surface area (Å²) in [7, 11) is -3.47. The third-order valence-corrected chi connectivity index (χ3v) is 6.36. The van der Waals surface area contributed by atoms with Crippen LogP contribution in [-0.2, 0) is 22.0 Å². The normalized spacial score (nSPS) is 33.7. The lowest BCUT2D eigenvalue weighted by Gasteiger charge is -2.56. The topological polar surface area (TPSA) is 55.4 Å². The van der Waals surface area contributed by atoms with Crippen LogP contribution >= 0.6 is 0 Å². The standard InChI is InChI=1S/C17H23NO3S/c1-22(19,20)21-13-6-5-12-10-16-14-4-2-3-7-17(14,8-9-18-16)15(12)11-13/h5-6,11,14,16,18H,2-4,7-10H2,1H3/t14-,16+,17+/m0/s1. The average molecular weight is 321 g/mol. The second-order valence-corrected chi connectivity index (χ2v) is 8.70. The van der Waals surface area contributed by atoms with Gasteiger partial charge >= 0.3 is 10.1 Å². The molecule has 0 spiro atoms. The van der Waals surface area contributed by atoms with Gasteiger partial charge in [-0.15, -0.1) is 0 Å². The van der Waals surface area contributed by atoms with Gasteiger partial charge in [-0.1, -0.05) is 18.9 Å². The van der Waals surface area contributed by atoms with E-state index in [9.17, 15) is 8.42 Å². The molecule has 4 rings (SSSR count). The summed E-state index contributed by atoms with van der Waals surface area (Å²) in [4.78, 5) is 0. The highest BCUT2D eigenvalue weighted by Crippen LogP contribution is 2.54. The minimum Gasteiger partial charge on any atom is -0.383 e. The van der Waals surface area contributed by atoms with E-state index < -0.39 is 10.1 Å². The number of benzene rings is 1. The van der Waals surface area contributed by atoms with E-state index in [0.717, 1.165) is 25.6 Å². The molecule has 22 heavy (non-hydrogen) atoms. The molecular weight excluding hydrogens is 298 g/mol. The van der Waals surface area contributed by atoms with Gasteiger partial charge in [0.25, 0.3) is 0 Å². The molecule has 1 saturated carbocycles. The fourth-order valence-electron chi connectivity index (χ4n) is 5.13. The molecule has 3 aliphatic rings. The molecular formula is C17H23NO3S. The molecule has 120 valence electrons. The second-order valence-electron chi connectivity index (χ2n) is 7.13. The molecule has 1 saturated heterocycles. The van der Waals surface area contributed by atoms with Crippen molar-refractivity contribution in [1.29, 1.82) is 0 Å². The predicted octanol–water partition coefficient (Wildman–Crippen LogP) is 2.37. The fourth-order valence-corrected chi connectivity index (χ4v) is 5.58. The lowest BCUT2D eigenvalue weighted by molar-refractivity contribution is 0.0796. The van der Waals surface area contributed by atoms with Crippen molar-refractivity contribution < 1.29 is 12.6 Å². The van der Waals surface area contributed by atoms with E-state index in [1.807, 2.05) is 6.07 Å². The summed E-state index contributed by atoms with van der Waals surface area (Å²) >= 11 is 0. The molecule has 2 aliphatic carbocycles. The first-order chi connectivity index (χ1) is 10.5. The van der Waals surface area contributed by atoms with Gasteiger partial charge in [0.2, 0.25) is 0 Å². The van der Waals surface area contributed by atoms with Gasteiger partial charge in [-0.25, -0.2) is 0 Å². The van der Waals surface area contributed by atoms with Crippen LogP contribution in [0.2, 0.25) is 0 Å². The van der Waals surface area contributed by atoms with Crippen molar-refractivity contribution >= 4 is 10.1 Å². The first-order valence-electron chi connectivity index (χ1n) is 8.24. The van der Waals surface area contributed by atoms with Crippen LogP contribution in [0.1, 0.15) is 43.2 Å². The van der Waals surface area contributed by atoms with Crippen LogP contribution in [0.3, 0.4) is 0 Å². The van der Waals surface area contributed by atoms with Crippen molar-refractivity contribution in [1.82, 2.24) is 5.32 Å². The van der Waals surface area contributed by atoms with Gasteiger partial charge in [0.1, 0.15) is 5.75 Å². The van der Waals surface area contributed by atoms with Crippen LogP contribution in [0.25, 0.3) is 0 Å². The van der Waals surface area contributed by atoms with Crippen LogP contribution in [-0.4, -0.2) is 27.3 Å². The largest absolute Gasteiger partial charge is 0.383 e. The Kier molecular flexibility index (Phi) is 3.28.